The highest BCUT2D eigenvalue weighted by atomic mass is 19.1. The Morgan fingerprint density at radius 2 is 1.88 bits per heavy atom. The number of amides is 2. The van der Waals surface area contributed by atoms with Crippen molar-refractivity contribution < 1.29 is 23.6 Å². The Balaban J connectivity index is 1.84. The fourth-order valence-electron chi connectivity index (χ4n) is 1.71. The monoisotopic (exact) mass is 333 g/mol. The summed E-state index contributed by atoms with van der Waals surface area (Å²) in [6, 6.07) is 10.6. The van der Waals surface area contributed by atoms with Crippen LogP contribution >= 0.6 is 0 Å². The molecule has 0 spiro atoms. The van der Waals surface area contributed by atoms with Crippen molar-refractivity contribution in [1.82, 2.24) is 10.9 Å². The molecule has 2 aromatic rings. The summed E-state index contributed by atoms with van der Waals surface area (Å²) in [5, 5.41) is 10.6. The Hall–Kier alpha value is -3.49. The van der Waals surface area contributed by atoms with E-state index in [-0.39, 0.29) is 17.0 Å². The molecule has 0 heterocycles. The molecule has 124 valence electrons. The summed E-state index contributed by atoms with van der Waals surface area (Å²) in [6.07, 6.45) is 0. The molecule has 9 heteroatoms. The number of nitro benzene ring substituents is 1. The van der Waals surface area contributed by atoms with Crippen LogP contribution in [-0.2, 0) is 4.79 Å². The molecule has 0 fully saturated rings. The van der Waals surface area contributed by atoms with Gasteiger partial charge in [0.15, 0.2) is 6.61 Å². The number of rotatable bonds is 5. The quantitative estimate of drug-likeness (QED) is 0.637. The molecule has 0 aliphatic rings. The minimum Gasteiger partial charge on any atom is -0.483 e. The van der Waals surface area contributed by atoms with Crippen LogP contribution in [0.2, 0.25) is 0 Å². The van der Waals surface area contributed by atoms with E-state index in [1.54, 1.807) is 0 Å². The molecule has 0 unspecified atom stereocenters. The smallest absolute Gasteiger partial charge is 0.276 e. The number of hydrogen-bond acceptors (Lipinski definition) is 5. The normalized spacial score (nSPS) is 9.88. The van der Waals surface area contributed by atoms with Crippen molar-refractivity contribution in [3.63, 3.8) is 0 Å². The number of nitrogens with one attached hydrogen (secondary N) is 2. The van der Waals surface area contributed by atoms with Gasteiger partial charge < -0.3 is 4.74 Å². The highest BCUT2D eigenvalue weighted by Gasteiger charge is 2.12. The average molecular weight is 333 g/mol. The molecule has 2 rings (SSSR count). The van der Waals surface area contributed by atoms with Gasteiger partial charge in [-0.2, -0.15) is 0 Å². The van der Waals surface area contributed by atoms with Gasteiger partial charge in [0.2, 0.25) is 0 Å². The molecule has 0 aromatic heterocycles. The van der Waals surface area contributed by atoms with Gasteiger partial charge in [-0.3, -0.25) is 30.6 Å². The second-order valence-corrected chi connectivity index (χ2v) is 4.53. The minimum atomic E-state index is -0.822. The van der Waals surface area contributed by atoms with Gasteiger partial charge in [0.25, 0.3) is 17.5 Å². The average Bonchev–Trinajstić information content (AvgIpc) is 2.58. The van der Waals surface area contributed by atoms with Gasteiger partial charge in [-0.05, 0) is 18.2 Å². The maximum atomic E-state index is 13.4. The standard InChI is InChI=1S/C15H12FN3O5/c16-13-7-2-1-6-12(13)15(21)18-17-14(20)9-24-11-5-3-4-10(8-11)19(22)23/h1-8H,9H2,(H,17,20)(H,18,21). The molecule has 0 radical (unpaired) electrons. The summed E-state index contributed by atoms with van der Waals surface area (Å²) in [6.45, 7) is -0.487. The van der Waals surface area contributed by atoms with Gasteiger partial charge in [-0.25, -0.2) is 4.39 Å². The van der Waals surface area contributed by atoms with Gasteiger partial charge in [0.05, 0.1) is 16.6 Å². The summed E-state index contributed by atoms with van der Waals surface area (Å²) >= 11 is 0. The molecule has 0 saturated carbocycles. The molecule has 8 nitrogen and oxygen atoms in total. The predicted molar refractivity (Wildman–Crippen MR) is 80.6 cm³/mol. The van der Waals surface area contributed by atoms with Gasteiger partial charge in [0.1, 0.15) is 11.6 Å². The first-order valence-electron chi connectivity index (χ1n) is 6.68. The van der Waals surface area contributed by atoms with E-state index in [4.69, 9.17) is 4.74 Å². The SMILES string of the molecule is O=C(COc1cccc([N+](=O)[O-])c1)NNC(=O)c1ccccc1F. The molecule has 0 bridgehead atoms. The summed E-state index contributed by atoms with van der Waals surface area (Å²) in [5.41, 5.74) is 3.69. The largest absolute Gasteiger partial charge is 0.483 e. The number of benzene rings is 2. The molecule has 2 N–H and O–H groups in total. The van der Waals surface area contributed by atoms with Crippen molar-refractivity contribution in [2.75, 3.05) is 6.61 Å². The number of hydrogen-bond donors (Lipinski definition) is 2. The second kappa shape index (κ2) is 7.68. The van der Waals surface area contributed by atoms with E-state index in [0.717, 1.165) is 12.1 Å². The zero-order chi connectivity index (χ0) is 17.5. The maximum Gasteiger partial charge on any atom is 0.276 e. The van der Waals surface area contributed by atoms with Gasteiger partial charge in [0, 0.05) is 6.07 Å². The zero-order valence-corrected chi connectivity index (χ0v) is 12.2. The zero-order valence-electron chi connectivity index (χ0n) is 12.2. The third kappa shape index (κ3) is 4.50. The van der Waals surface area contributed by atoms with Crippen LogP contribution in [0.15, 0.2) is 48.5 Å². The van der Waals surface area contributed by atoms with Crippen molar-refractivity contribution in [3.8, 4) is 5.75 Å². The molecular formula is C15H12FN3O5. The molecule has 2 aromatic carbocycles. The van der Waals surface area contributed by atoms with Crippen molar-refractivity contribution in [1.29, 1.82) is 0 Å². The number of halogens is 1. The Morgan fingerprint density at radius 1 is 1.12 bits per heavy atom. The van der Waals surface area contributed by atoms with Gasteiger partial charge in [-0.15, -0.1) is 0 Å². The van der Waals surface area contributed by atoms with Crippen molar-refractivity contribution in [2.24, 2.45) is 0 Å². The fraction of sp³-hybridized carbons (Fsp3) is 0.0667. The van der Waals surface area contributed by atoms with Gasteiger partial charge in [-0.1, -0.05) is 18.2 Å². The van der Waals surface area contributed by atoms with Gasteiger partial charge >= 0.3 is 0 Å². The van der Waals surface area contributed by atoms with E-state index < -0.39 is 29.2 Å². The first kappa shape index (κ1) is 16.9. The molecule has 0 saturated heterocycles. The summed E-state index contributed by atoms with van der Waals surface area (Å²) in [4.78, 5) is 33.3. The Morgan fingerprint density at radius 3 is 2.58 bits per heavy atom. The van der Waals surface area contributed by atoms with E-state index >= 15 is 0 Å². The molecule has 0 aliphatic heterocycles. The lowest BCUT2D eigenvalue weighted by atomic mass is 10.2. The van der Waals surface area contributed by atoms with Crippen LogP contribution in [0.1, 0.15) is 10.4 Å². The number of non-ortho nitro benzene ring substituents is 1. The first-order chi connectivity index (χ1) is 11.5. The van der Waals surface area contributed by atoms with Crippen molar-refractivity contribution >= 4 is 17.5 Å². The van der Waals surface area contributed by atoms with E-state index in [0.29, 0.717) is 0 Å². The van der Waals surface area contributed by atoms with Crippen molar-refractivity contribution in [2.45, 2.75) is 0 Å². The molecular weight excluding hydrogens is 321 g/mol. The van der Waals surface area contributed by atoms with Crippen molar-refractivity contribution in [3.05, 3.63) is 70.0 Å². The fourth-order valence-corrected chi connectivity index (χ4v) is 1.71. The third-order valence-corrected chi connectivity index (χ3v) is 2.83. The lowest BCUT2D eigenvalue weighted by Gasteiger charge is -2.09. The van der Waals surface area contributed by atoms with E-state index in [1.807, 2.05) is 5.43 Å². The lowest BCUT2D eigenvalue weighted by Crippen LogP contribution is -2.44. The third-order valence-electron chi connectivity index (χ3n) is 2.83. The Kier molecular flexibility index (Phi) is 5.40. The predicted octanol–water partition coefficient (Wildman–Crippen LogP) is 1.57. The van der Waals surface area contributed by atoms with Crippen LogP contribution < -0.4 is 15.6 Å². The van der Waals surface area contributed by atoms with Crippen LogP contribution in [-0.4, -0.2) is 23.3 Å². The summed E-state index contributed by atoms with van der Waals surface area (Å²) < 4.78 is 18.5. The first-order valence-corrected chi connectivity index (χ1v) is 6.68. The van der Waals surface area contributed by atoms with Crippen LogP contribution in [0.3, 0.4) is 0 Å². The summed E-state index contributed by atoms with van der Waals surface area (Å²) in [5.74, 6) is -2.14. The second-order valence-electron chi connectivity index (χ2n) is 4.53. The summed E-state index contributed by atoms with van der Waals surface area (Å²) in [7, 11) is 0. The highest BCUT2D eigenvalue weighted by molar-refractivity contribution is 5.95. The van der Waals surface area contributed by atoms with Crippen LogP contribution in [0.25, 0.3) is 0 Å². The lowest BCUT2D eigenvalue weighted by molar-refractivity contribution is -0.384. The number of nitro groups is 1. The number of nitrogens with zero attached hydrogens (tertiary/aromatic N) is 1. The van der Waals surface area contributed by atoms with E-state index in [2.05, 4.69) is 5.43 Å². The number of carbonyl (C=O) groups excluding carboxylic acids is 2. The topological polar surface area (TPSA) is 111 Å². The minimum absolute atomic E-state index is 0.125. The Labute approximate surface area is 135 Å². The molecule has 0 aliphatic carbocycles. The number of ether oxygens (including phenoxy) is 1. The molecule has 24 heavy (non-hydrogen) atoms. The van der Waals surface area contributed by atoms with Crippen LogP contribution in [0.5, 0.6) is 5.75 Å². The Bertz CT molecular complexity index is 781. The van der Waals surface area contributed by atoms with E-state index in [1.165, 1.54) is 36.4 Å². The maximum absolute atomic E-state index is 13.4. The number of hydrazine groups is 1. The van der Waals surface area contributed by atoms with Crippen LogP contribution in [0.4, 0.5) is 10.1 Å². The molecule has 0 atom stereocenters. The van der Waals surface area contributed by atoms with E-state index in [9.17, 15) is 24.1 Å². The molecule has 2 amide bonds. The highest BCUT2D eigenvalue weighted by Crippen LogP contribution is 2.18. The van der Waals surface area contributed by atoms with Crippen LogP contribution in [0, 0.1) is 15.9 Å². The number of carbonyl (C=O) groups is 2.